The number of hydrogen-bond acceptors (Lipinski definition) is 5. The first-order valence-electron chi connectivity index (χ1n) is 6.89. The van der Waals surface area contributed by atoms with Gasteiger partial charge in [-0.2, -0.15) is 0 Å². The number of sulfonamides is 1. The molecule has 0 saturated carbocycles. The summed E-state index contributed by atoms with van der Waals surface area (Å²) in [4.78, 5) is 4.27. The van der Waals surface area contributed by atoms with Crippen LogP contribution in [0.5, 0.6) is 0 Å². The fourth-order valence-electron chi connectivity index (χ4n) is 2.12. The summed E-state index contributed by atoms with van der Waals surface area (Å²) in [5.41, 5.74) is 0. The van der Waals surface area contributed by atoms with E-state index in [1.54, 1.807) is 12.1 Å². The molecule has 1 fully saturated rings. The van der Waals surface area contributed by atoms with Crippen LogP contribution in [-0.2, 0) is 14.8 Å². The van der Waals surface area contributed by atoms with E-state index in [1.807, 2.05) is 6.92 Å². The Bertz CT molecular complexity index is 510. The highest BCUT2D eigenvalue weighted by atomic mass is 32.2. The molecular formula is C13H21N3O3S. The average Bonchev–Trinajstić information content (AvgIpc) is 2.93. The Labute approximate surface area is 120 Å². The van der Waals surface area contributed by atoms with Gasteiger partial charge in [0.2, 0.25) is 10.0 Å². The van der Waals surface area contributed by atoms with E-state index in [4.69, 9.17) is 4.74 Å². The van der Waals surface area contributed by atoms with Crippen molar-refractivity contribution in [2.75, 3.05) is 31.6 Å². The van der Waals surface area contributed by atoms with E-state index in [2.05, 4.69) is 15.0 Å². The second-order valence-corrected chi connectivity index (χ2v) is 6.59. The van der Waals surface area contributed by atoms with Crippen molar-refractivity contribution in [3.05, 3.63) is 18.3 Å². The van der Waals surface area contributed by atoms with Crippen molar-refractivity contribution >= 4 is 15.8 Å². The van der Waals surface area contributed by atoms with Crippen LogP contribution in [0.25, 0.3) is 0 Å². The first-order valence-corrected chi connectivity index (χ1v) is 8.37. The molecule has 112 valence electrons. The zero-order valence-corrected chi connectivity index (χ0v) is 12.4. The maximum Gasteiger partial charge on any atom is 0.242 e. The zero-order valence-electron chi connectivity index (χ0n) is 11.6. The smallest absolute Gasteiger partial charge is 0.242 e. The Hall–Kier alpha value is -1.18. The summed E-state index contributed by atoms with van der Waals surface area (Å²) in [6, 6.07) is 3.23. The van der Waals surface area contributed by atoms with Gasteiger partial charge in [0.15, 0.2) is 0 Å². The van der Waals surface area contributed by atoms with E-state index >= 15 is 0 Å². The Morgan fingerprint density at radius 2 is 2.30 bits per heavy atom. The molecule has 7 heteroatoms. The summed E-state index contributed by atoms with van der Waals surface area (Å²) < 4.78 is 32.0. The molecule has 1 unspecified atom stereocenters. The lowest BCUT2D eigenvalue weighted by atomic mass is 10.1. The van der Waals surface area contributed by atoms with E-state index in [-0.39, 0.29) is 4.90 Å². The van der Waals surface area contributed by atoms with Gasteiger partial charge >= 0.3 is 0 Å². The molecule has 2 heterocycles. The molecule has 0 amide bonds. The van der Waals surface area contributed by atoms with Crippen molar-refractivity contribution in [1.29, 1.82) is 0 Å². The molecule has 1 aromatic heterocycles. The lowest BCUT2D eigenvalue weighted by molar-refractivity contribution is 0.184. The van der Waals surface area contributed by atoms with Gasteiger partial charge in [-0.3, -0.25) is 0 Å². The van der Waals surface area contributed by atoms with E-state index < -0.39 is 10.0 Å². The van der Waals surface area contributed by atoms with Gasteiger partial charge in [0, 0.05) is 32.5 Å². The van der Waals surface area contributed by atoms with Crippen molar-refractivity contribution in [3.63, 3.8) is 0 Å². The predicted molar refractivity (Wildman–Crippen MR) is 77.1 cm³/mol. The maximum absolute atomic E-state index is 12.1. The van der Waals surface area contributed by atoms with Gasteiger partial charge in [-0.15, -0.1) is 0 Å². The van der Waals surface area contributed by atoms with Gasteiger partial charge in [-0.1, -0.05) is 0 Å². The summed E-state index contributed by atoms with van der Waals surface area (Å²) in [6.07, 6.45) is 3.20. The Balaban J connectivity index is 1.88. The third kappa shape index (κ3) is 4.16. The van der Waals surface area contributed by atoms with Crippen LogP contribution in [0, 0.1) is 5.92 Å². The molecule has 6 nitrogen and oxygen atoms in total. The summed E-state index contributed by atoms with van der Waals surface area (Å²) >= 11 is 0. The molecule has 2 N–H and O–H groups in total. The molecule has 20 heavy (non-hydrogen) atoms. The zero-order chi connectivity index (χ0) is 14.4. The molecule has 0 radical (unpaired) electrons. The molecule has 0 spiro atoms. The molecule has 1 aliphatic heterocycles. The molecule has 0 bridgehead atoms. The van der Waals surface area contributed by atoms with Gasteiger partial charge in [0.1, 0.15) is 10.7 Å². The number of pyridine rings is 1. The van der Waals surface area contributed by atoms with Gasteiger partial charge in [-0.05, 0) is 37.8 Å². The van der Waals surface area contributed by atoms with Crippen LogP contribution in [0.3, 0.4) is 0 Å². The van der Waals surface area contributed by atoms with Crippen molar-refractivity contribution in [3.8, 4) is 0 Å². The quantitative estimate of drug-likeness (QED) is 0.791. The molecule has 1 saturated heterocycles. The second kappa shape index (κ2) is 7.01. The monoisotopic (exact) mass is 299 g/mol. The molecular weight excluding hydrogens is 278 g/mol. The van der Waals surface area contributed by atoms with Gasteiger partial charge < -0.3 is 10.1 Å². The lowest BCUT2D eigenvalue weighted by Gasteiger charge is -2.10. The fraction of sp³-hybridized carbons (Fsp3) is 0.615. The number of anilines is 1. The summed E-state index contributed by atoms with van der Waals surface area (Å²) in [6.45, 7) is 4.67. The number of nitrogens with one attached hydrogen (secondary N) is 2. The average molecular weight is 299 g/mol. The Morgan fingerprint density at radius 3 is 2.90 bits per heavy atom. The summed E-state index contributed by atoms with van der Waals surface area (Å²) in [5.74, 6) is 1.14. The highest BCUT2D eigenvalue weighted by Gasteiger charge is 2.18. The normalized spacial score (nSPS) is 19.1. The molecule has 1 aliphatic rings. The number of ether oxygens (including phenoxy) is 1. The largest absolute Gasteiger partial charge is 0.381 e. The summed E-state index contributed by atoms with van der Waals surface area (Å²) in [5, 5.41) is 3.03. The van der Waals surface area contributed by atoms with Gasteiger partial charge in [0.05, 0.1) is 0 Å². The first-order chi connectivity index (χ1) is 9.62. The maximum atomic E-state index is 12.1. The van der Waals surface area contributed by atoms with Gasteiger partial charge in [0.25, 0.3) is 0 Å². The number of hydrogen-bond donors (Lipinski definition) is 2. The van der Waals surface area contributed by atoms with Crippen LogP contribution in [0.4, 0.5) is 5.82 Å². The standard InChI is InChI=1S/C13H21N3O3S/c1-2-14-13-4-3-12(9-15-13)20(17,18)16-7-5-11-6-8-19-10-11/h3-4,9,11,16H,2,5-8,10H2,1H3,(H,14,15). The SMILES string of the molecule is CCNc1ccc(S(=O)(=O)NCCC2CCOC2)cn1. The predicted octanol–water partition coefficient (Wildman–Crippen LogP) is 1.22. The van der Waals surface area contributed by atoms with Crippen molar-refractivity contribution in [1.82, 2.24) is 9.71 Å². The van der Waals surface area contributed by atoms with E-state index in [0.29, 0.717) is 18.3 Å². The van der Waals surface area contributed by atoms with Gasteiger partial charge in [-0.25, -0.2) is 18.1 Å². The van der Waals surface area contributed by atoms with Crippen molar-refractivity contribution in [2.24, 2.45) is 5.92 Å². The third-order valence-electron chi connectivity index (χ3n) is 3.27. The highest BCUT2D eigenvalue weighted by Crippen LogP contribution is 2.16. The van der Waals surface area contributed by atoms with E-state index in [9.17, 15) is 8.42 Å². The van der Waals surface area contributed by atoms with Crippen LogP contribution >= 0.6 is 0 Å². The van der Waals surface area contributed by atoms with Crippen LogP contribution in [-0.4, -0.2) is 39.7 Å². The molecule has 0 aliphatic carbocycles. The minimum absolute atomic E-state index is 0.196. The molecule has 0 aromatic carbocycles. The first kappa shape index (κ1) is 15.2. The second-order valence-electron chi connectivity index (χ2n) is 4.83. The number of aromatic nitrogens is 1. The highest BCUT2D eigenvalue weighted by molar-refractivity contribution is 7.89. The van der Waals surface area contributed by atoms with Crippen molar-refractivity contribution in [2.45, 2.75) is 24.7 Å². The lowest BCUT2D eigenvalue weighted by Crippen LogP contribution is -2.26. The topological polar surface area (TPSA) is 80.3 Å². The van der Waals surface area contributed by atoms with Crippen molar-refractivity contribution < 1.29 is 13.2 Å². The molecule has 2 rings (SSSR count). The summed E-state index contributed by atoms with van der Waals surface area (Å²) in [7, 11) is -3.46. The third-order valence-corrected chi connectivity index (χ3v) is 4.72. The van der Waals surface area contributed by atoms with Crippen LogP contribution in [0.2, 0.25) is 0 Å². The van der Waals surface area contributed by atoms with Crippen LogP contribution in [0.1, 0.15) is 19.8 Å². The Morgan fingerprint density at radius 1 is 1.45 bits per heavy atom. The minimum Gasteiger partial charge on any atom is -0.381 e. The molecule has 1 aromatic rings. The number of rotatable bonds is 7. The van der Waals surface area contributed by atoms with Crippen LogP contribution < -0.4 is 10.0 Å². The Kier molecular flexibility index (Phi) is 5.33. The van der Waals surface area contributed by atoms with Crippen LogP contribution in [0.15, 0.2) is 23.2 Å². The fourth-order valence-corrected chi connectivity index (χ4v) is 3.11. The molecule has 1 atom stereocenters. The minimum atomic E-state index is -3.46. The van der Waals surface area contributed by atoms with E-state index in [0.717, 1.165) is 32.6 Å². The number of nitrogens with zero attached hydrogens (tertiary/aromatic N) is 1. The van der Waals surface area contributed by atoms with E-state index in [1.165, 1.54) is 6.20 Å².